The number of allylic oxidation sites excluding steroid dienone is 2. The van der Waals surface area contributed by atoms with E-state index in [2.05, 4.69) is 152 Å². The zero-order valence-electron chi connectivity index (χ0n) is 29.1. The monoisotopic (exact) mass is 668 g/mol. The number of rotatable bonds is 5. The zero-order chi connectivity index (χ0) is 34.8. The molecule has 3 aliphatic rings. The van der Waals surface area contributed by atoms with Gasteiger partial charge in [0.05, 0.1) is 6.04 Å². The highest BCUT2D eigenvalue weighted by atomic mass is 15.2. The van der Waals surface area contributed by atoms with E-state index in [1.54, 1.807) is 0 Å². The normalized spacial score (nSPS) is 17.6. The van der Waals surface area contributed by atoms with Crippen molar-refractivity contribution in [2.24, 2.45) is 0 Å². The first-order chi connectivity index (χ1) is 25.5. The largest absolute Gasteiger partial charge is 0.333 e. The summed E-state index contributed by atoms with van der Waals surface area (Å²) in [7, 11) is 0. The Labute approximate surface area is 304 Å². The van der Waals surface area contributed by atoms with Crippen molar-refractivity contribution < 1.29 is 0 Å². The molecule has 10 rings (SSSR count). The van der Waals surface area contributed by atoms with Gasteiger partial charge in [0.2, 0.25) is 0 Å². The maximum Gasteiger partial charge on any atom is 0.164 e. The number of fused-ring (bicyclic) bond motifs is 6. The molecule has 0 spiro atoms. The molecule has 7 aromatic rings. The van der Waals surface area contributed by atoms with Crippen molar-refractivity contribution in [1.29, 1.82) is 0 Å². The third kappa shape index (κ3) is 4.86. The minimum atomic E-state index is -0.0963. The van der Waals surface area contributed by atoms with Crippen LogP contribution in [-0.2, 0) is 5.41 Å². The van der Waals surface area contributed by atoms with Crippen LogP contribution in [0.5, 0.6) is 0 Å². The first-order valence-corrected chi connectivity index (χ1v) is 18.0. The van der Waals surface area contributed by atoms with Gasteiger partial charge in [-0.25, -0.2) is 15.0 Å². The smallest absolute Gasteiger partial charge is 0.164 e. The summed E-state index contributed by atoms with van der Waals surface area (Å²) in [6.45, 7) is 4.72. The van der Waals surface area contributed by atoms with E-state index in [1.807, 2.05) is 36.4 Å². The van der Waals surface area contributed by atoms with Crippen LogP contribution in [0.3, 0.4) is 0 Å². The summed E-state index contributed by atoms with van der Waals surface area (Å²) in [5.41, 5.74) is 14.5. The van der Waals surface area contributed by atoms with E-state index in [9.17, 15) is 0 Å². The third-order valence-electron chi connectivity index (χ3n) is 11.1. The van der Waals surface area contributed by atoms with Gasteiger partial charge in [0.1, 0.15) is 0 Å². The first-order valence-electron chi connectivity index (χ1n) is 18.0. The molecule has 0 saturated carbocycles. The fraction of sp³-hybridized carbons (Fsp3) is 0.104. The van der Waals surface area contributed by atoms with Crippen molar-refractivity contribution in [1.82, 2.24) is 15.0 Å². The molecule has 52 heavy (non-hydrogen) atoms. The summed E-state index contributed by atoms with van der Waals surface area (Å²) in [6, 6.07) is 54.0. The lowest BCUT2D eigenvalue weighted by atomic mass is 9.81. The lowest BCUT2D eigenvalue weighted by Gasteiger charge is -2.30. The van der Waals surface area contributed by atoms with Crippen LogP contribution in [0.25, 0.3) is 50.6 Å². The van der Waals surface area contributed by atoms with Crippen LogP contribution >= 0.6 is 0 Å². The molecule has 2 heterocycles. The van der Waals surface area contributed by atoms with Crippen LogP contribution in [0.15, 0.2) is 170 Å². The molecule has 2 unspecified atom stereocenters. The average molecular weight is 669 g/mol. The number of aromatic nitrogens is 3. The number of anilines is 2. The average Bonchev–Trinajstić information content (AvgIpc) is 3.65. The van der Waals surface area contributed by atoms with E-state index in [0.717, 1.165) is 16.7 Å². The minimum Gasteiger partial charge on any atom is -0.333 e. The Morgan fingerprint density at radius 2 is 1.08 bits per heavy atom. The predicted octanol–water partition coefficient (Wildman–Crippen LogP) is 11.4. The predicted molar refractivity (Wildman–Crippen MR) is 212 cm³/mol. The van der Waals surface area contributed by atoms with Crippen molar-refractivity contribution in [3.63, 3.8) is 0 Å². The molecule has 0 radical (unpaired) electrons. The number of hydrogen-bond donors (Lipinski definition) is 0. The van der Waals surface area contributed by atoms with Crippen molar-refractivity contribution in [2.75, 3.05) is 4.90 Å². The van der Waals surface area contributed by atoms with Gasteiger partial charge in [-0.2, -0.15) is 0 Å². The van der Waals surface area contributed by atoms with Crippen LogP contribution in [-0.4, -0.2) is 21.0 Å². The second kappa shape index (κ2) is 11.9. The molecule has 1 aromatic heterocycles. The summed E-state index contributed by atoms with van der Waals surface area (Å²) in [5, 5.41) is 0. The topological polar surface area (TPSA) is 41.9 Å². The van der Waals surface area contributed by atoms with Crippen molar-refractivity contribution in [3.05, 3.63) is 192 Å². The molecule has 2 atom stereocenters. The van der Waals surface area contributed by atoms with Crippen molar-refractivity contribution >= 4 is 16.9 Å². The summed E-state index contributed by atoms with van der Waals surface area (Å²) in [6.07, 6.45) is 6.95. The minimum absolute atomic E-state index is 0.0963. The van der Waals surface area contributed by atoms with Crippen LogP contribution < -0.4 is 4.90 Å². The van der Waals surface area contributed by atoms with E-state index in [1.165, 1.54) is 50.3 Å². The second-order valence-corrected chi connectivity index (χ2v) is 14.4. The summed E-state index contributed by atoms with van der Waals surface area (Å²) < 4.78 is 0. The van der Waals surface area contributed by atoms with Gasteiger partial charge in [-0.3, -0.25) is 0 Å². The van der Waals surface area contributed by atoms with E-state index in [0.29, 0.717) is 17.5 Å². The molecule has 0 amide bonds. The lowest BCUT2D eigenvalue weighted by Crippen LogP contribution is -2.29. The van der Waals surface area contributed by atoms with E-state index in [4.69, 9.17) is 15.0 Å². The molecule has 0 saturated heterocycles. The molecule has 6 aromatic carbocycles. The Morgan fingerprint density at radius 1 is 0.519 bits per heavy atom. The molecule has 0 N–H and O–H groups in total. The number of benzene rings is 6. The quantitative estimate of drug-likeness (QED) is 0.183. The maximum absolute atomic E-state index is 5.09. The molecule has 0 fully saturated rings. The highest BCUT2D eigenvalue weighted by Gasteiger charge is 2.43. The Hall–Kier alpha value is -6.39. The Balaban J connectivity index is 1.13. The fourth-order valence-corrected chi connectivity index (χ4v) is 8.42. The van der Waals surface area contributed by atoms with Gasteiger partial charge in [0.25, 0.3) is 0 Å². The SMILES string of the molecule is CC1(C)c2ccccc2-c2cc3c(cc21)N(c1ccc(-c2ccccc2)cc1)C1C=CC(c2nc(-c4ccccc4)nc(-c4ccccc4)n2)=CC31. The zero-order valence-corrected chi connectivity index (χ0v) is 29.1. The van der Waals surface area contributed by atoms with Gasteiger partial charge in [0, 0.05) is 39.4 Å². The highest BCUT2D eigenvalue weighted by molar-refractivity contribution is 5.89. The molecule has 0 bridgehead atoms. The van der Waals surface area contributed by atoms with E-state index < -0.39 is 0 Å². The van der Waals surface area contributed by atoms with Crippen molar-refractivity contribution in [2.45, 2.75) is 31.2 Å². The highest BCUT2D eigenvalue weighted by Crippen LogP contribution is 2.56. The van der Waals surface area contributed by atoms with E-state index in [-0.39, 0.29) is 17.4 Å². The Bertz CT molecular complexity index is 2480. The Morgan fingerprint density at radius 3 is 1.73 bits per heavy atom. The Kier molecular flexibility index (Phi) is 6.94. The molecule has 1 aliphatic heterocycles. The molecule has 4 nitrogen and oxygen atoms in total. The maximum atomic E-state index is 5.09. The lowest BCUT2D eigenvalue weighted by molar-refractivity contribution is 0.660. The van der Waals surface area contributed by atoms with Crippen LogP contribution in [0.4, 0.5) is 11.4 Å². The van der Waals surface area contributed by atoms with Crippen molar-refractivity contribution in [3.8, 4) is 45.0 Å². The summed E-state index contributed by atoms with van der Waals surface area (Å²) >= 11 is 0. The summed E-state index contributed by atoms with van der Waals surface area (Å²) in [5.74, 6) is 2.12. The fourth-order valence-electron chi connectivity index (χ4n) is 8.42. The number of nitrogens with zero attached hydrogens (tertiary/aromatic N) is 4. The first kappa shape index (κ1) is 30.4. The van der Waals surface area contributed by atoms with Crippen LogP contribution in [0.2, 0.25) is 0 Å². The van der Waals surface area contributed by atoms with Gasteiger partial charge in [-0.1, -0.05) is 159 Å². The van der Waals surface area contributed by atoms with Gasteiger partial charge in [-0.15, -0.1) is 0 Å². The van der Waals surface area contributed by atoms with E-state index >= 15 is 0 Å². The summed E-state index contributed by atoms with van der Waals surface area (Å²) in [4.78, 5) is 17.7. The molecule has 4 heteroatoms. The molecule has 2 aliphatic carbocycles. The third-order valence-corrected chi connectivity index (χ3v) is 11.1. The molecular weight excluding hydrogens is 633 g/mol. The van der Waals surface area contributed by atoms with Gasteiger partial charge in [-0.05, 0) is 63.2 Å². The molecular formula is C48H36N4. The van der Waals surface area contributed by atoms with Crippen LogP contribution in [0, 0.1) is 0 Å². The van der Waals surface area contributed by atoms with Gasteiger partial charge in [0.15, 0.2) is 17.5 Å². The van der Waals surface area contributed by atoms with Gasteiger partial charge < -0.3 is 4.90 Å². The van der Waals surface area contributed by atoms with Gasteiger partial charge >= 0.3 is 0 Å². The number of hydrogen-bond acceptors (Lipinski definition) is 4. The standard InChI is InChI=1S/C48H36N4/c1-48(2)41-21-13-12-20-37(41)38-29-40-39-28-35(47-50-45(33-16-8-4-9-17-33)49-46(51-47)34-18-10-5-11-19-34)24-27-43(39)52(44(40)30-42(38)48)36-25-22-32(23-26-36)31-14-6-3-7-15-31/h3-30,39,43H,1-2H3. The second-order valence-electron chi connectivity index (χ2n) is 14.4. The molecule has 248 valence electrons. The van der Waals surface area contributed by atoms with Crippen LogP contribution in [0.1, 0.15) is 42.3 Å².